The molecule has 0 amide bonds. The van der Waals surface area contributed by atoms with Crippen molar-refractivity contribution in [2.45, 2.75) is 85.1 Å². The molecule has 108 valence electrons. The fourth-order valence-corrected chi connectivity index (χ4v) is 3.66. The summed E-state index contributed by atoms with van der Waals surface area (Å²) in [5.41, 5.74) is 0. The molecule has 2 unspecified atom stereocenters. The molecule has 0 aromatic heterocycles. The van der Waals surface area contributed by atoms with E-state index in [1.54, 1.807) is 0 Å². The molecule has 1 heteroatoms. The summed E-state index contributed by atoms with van der Waals surface area (Å²) in [7, 11) is 0. The predicted octanol–water partition coefficient (Wildman–Crippen LogP) is 5.10. The zero-order valence-corrected chi connectivity index (χ0v) is 13.3. The Balaban J connectivity index is 0.000000771. The Hall–Kier alpha value is -0.0400. The number of likely N-dealkylation sites (tertiary alicyclic amines) is 1. The molecule has 0 radical (unpaired) electrons. The summed E-state index contributed by atoms with van der Waals surface area (Å²) < 4.78 is 0. The van der Waals surface area contributed by atoms with Gasteiger partial charge < -0.3 is 4.90 Å². The smallest absolute Gasteiger partial charge is 0.00696 e. The van der Waals surface area contributed by atoms with Crippen LogP contribution < -0.4 is 0 Å². The average Bonchev–Trinajstić information content (AvgIpc) is 2.44. The number of hydrogen-bond acceptors (Lipinski definition) is 1. The highest BCUT2D eigenvalue weighted by Crippen LogP contribution is 2.29. The van der Waals surface area contributed by atoms with Gasteiger partial charge in [-0.25, -0.2) is 0 Å². The molecule has 18 heavy (non-hydrogen) atoms. The normalized spacial score (nSPS) is 30.7. The first-order valence-corrected chi connectivity index (χ1v) is 8.53. The van der Waals surface area contributed by atoms with Gasteiger partial charge >= 0.3 is 0 Å². The highest BCUT2D eigenvalue weighted by atomic mass is 15.2. The third-order valence-corrected chi connectivity index (χ3v) is 4.92. The largest absolute Gasteiger partial charge is 0.300 e. The van der Waals surface area contributed by atoms with Crippen molar-refractivity contribution < 1.29 is 0 Å². The second-order valence-electron chi connectivity index (χ2n) is 6.15. The minimum absolute atomic E-state index is 0.848. The third-order valence-electron chi connectivity index (χ3n) is 4.92. The maximum atomic E-state index is 2.78. The van der Waals surface area contributed by atoms with Crippen molar-refractivity contribution in [3.05, 3.63) is 0 Å². The zero-order chi connectivity index (χ0) is 13.4. The van der Waals surface area contributed by atoms with Crippen molar-refractivity contribution in [2.75, 3.05) is 13.1 Å². The first-order chi connectivity index (χ1) is 8.79. The van der Waals surface area contributed by atoms with Gasteiger partial charge in [0.15, 0.2) is 0 Å². The van der Waals surface area contributed by atoms with E-state index < -0.39 is 0 Å². The molecule has 1 heterocycles. The lowest BCUT2D eigenvalue weighted by molar-refractivity contribution is 0.0937. The van der Waals surface area contributed by atoms with Crippen molar-refractivity contribution >= 4 is 0 Å². The minimum atomic E-state index is 0.848. The van der Waals surface area contributed by atoms with Crippen LogP contribution in [0.3, 0.4) is 0 Å². The maximum Gasteiger partial charge on any atom is 0.00696 e. The molecule has 1 aliphatic heterocycles. The molecule has 1 aliphatic carbocycles. The van der Waals surface area contributed by atoms with Crippen molar-refractivity contribution in [3.63, 3.8) is 0 Å². The van der Waals surface area contributed by atoms with Crippen molar-refractivity contribution in [1.29, 1.82) is 0 Å². The summed E-state index contributed by atoms with van der Waals surface area (Å²) in [6.45, 7) is 11.6. The lowest BCUT2D eigenvalue weighted by Gasteiger charge is -2.40. The van der Waals surface area contributed by atoms with E-state index in [0.29, 0.717) is 0 Å². The van der Waals surface area contributed by atoms with Crippen molar-refractivity contribution in [2.24, 2.45) is 11.8 Å². The monoisotopic (exact) mass is 253 g/mol. The Kier molecular flexibility index (Phi) is 7.97. The van der Waals surface area contributed by atoms with Gasteiger partial charge in [-0.2, -0.15) is 0 Å². The minimum Gasteiger partial charge on any atom is -0.300 e. The van der Waals surface area contributed by atoms with Gasteiger partial charge in [0, 0.05) is 12.6 Å². The van der Waals surface area contributed by atoms with Gasteiger partial charge in [0.1, 0.15) is 0 Å². The molecule has 1 saturated heterocycles. The highest BCUT2D eigenvalue weighted by molar-refractivity contribution is 4.80. The molecule has 0 aromatic carbocycles. The number of piperidine rings is 1. The van der Waals surface area contributed by atoms with E-state index >= 15 is 0 Å². The van der Waals surface area contributed by atoms with Crippen LogP contribution in [0.4, 0.5) is 0 Å². The molecule has 0 bridgehead atoms. The Bertz CT molecular complexity index is 196. The van der Waals surface area contributed by atoms with Gasteiger partial charge in [0.2, 0.25) is 0 Å². The van der Waals surface area contributed by atoms with Crippen molar-refractivity contribution in [3.8, 4) is 0 Å². The maximum absolute atomic E-state index is 2.78. The fourth-order valence-electron chi connectivity index (χ4n) is 3.66. The Morgan fingerprint density at radius 2 is 1.61 bits per heavy atom. The molecule has 2 fully saturated rings. The molecule has 0 N–H and O–H groups in total. The Morgan fingerprint density at radius 3 is 2.17 bits per heavy atom. The molecule has 1 nitrogen and oxygen atoms in total. The van der Waals surface area contributed by atoms with E-state index in [2.05, 4.69) is 18.7 Å². The third kappa shape index (κ3) is 4.91. The molecule has 2 rings (SSSR count). The summed E-state index contributed by atoms with van der Waals surface area (Å²) in [5.74, 6) is 2.03. The summed E-state index contributed by atoms with van der Waals surface area (Å²) >= 11 is 0. The lowest BCUT2D eigenvalue weighted by Crippen LogP contribution is -2.43. The predicted molar refractivity (Wildman–Crippen MR) is 82.0 cm³/mol. The van der Waals surface area contributed by atoms with Crippen LogP contribution >= 0.6 is 0 Å². The van der Waals surface area contributed by atoms with Crippen LogP contribution in [0.25, 0.3) is 0 Å². The quantitative estimate of drug-likeness (QED) is 0.676. The van der Waals surface area contributed by atoms with Crippen LogP contribution in [0.1, 0.15) is 79.1 Å². The average molecular weight is 253 g/mol. The first-order valence-electron chi connectivity index (χ1n) is 8.53. The molecular weight excluding hydrogens is 218 g/mol. The van der Waals surface area contributed by atoms with E-state index in [1.807, 2.05) is 13.8 Å². The number of nitrogens with zero attached hydrogens (tertiary/aromatic N) is 1. The van der Waals surface area contributed by atoms with Crippen LogP contribution in [0.2, 0.25) is 0 Å². The van der Waals surface area contributed by atoms with Crippen LogP contribution in [0.5, 0.6) is 0 Å². The summed E-state index contributed by atoms with van der Waals surface area (Å²) in [4.78, 5) is 2.78. The lowest BCUT2D eigenvalue weighted by atomic mass is 9.85. The summed E-state index contributed by atoms with van der Waals surface area (Å²) in [6.07, 6.45) is 11.8. The van der Waals surface area contributed by atoms with Crippen LogP contribution in [0.15, 0.2) is 0 Å². The second kappa shape index (κ2) is 8.96. The van der Waals surface area contributed by atoms with Gasteiger partial charge in [0.05, 0.1) is 0 Å². The summed E-state index contributed by atoms with van der Waals surface area (Å²) in [5, 5.41) is 0. The van der Waals surface area contributed by atoms with E-state index in [9.17, 15) is 0 Å². The number of hydrogen-bond donors (Lipinski definition) is 0. The second-order valence-corrected chi connectivity index (χ2v) is 6.15. The van der Waals surface area contributed by atoms with Gasteiger partial charge in [-0.1, -0.05) is 46.5 Å². The van der Waals surface area contributed by atoms with E-state index in [4.69, 9.17) is 0 Å². The molecule has 0 aromatic rings. The van der Waals surface area contributed by atoms with Gasteiger partial charge in [-0.3, -0.25) is 0 Å². The summed E-state index contributed by atoms with van der Waals surface area (Å²) in [6, 6.07) is 0.848. The molecular formula is C17H35N. The molecule has 2 aliphatic rings. The molecule has 2 atom stereocenters. The van der Waals surface area contributed by atoms with Crippen LogP contribution in [-0.2, 0) is 0 Å². The van der Waals surface area contributed by atoms with E-state index in [-0.39, 0.29) is 0 Å². The van der Waals surface area contributed by atoms with Crippen LogP contribution in [0, 0.1) is 11.8 Å². The van der Waals surface area contributed by atoms with E-state index in [0.717, 1.165) is 17.9 Å². The Labute approximate surface area is 115 Å². The fraction of sp³-hybridized carbons (Fsp3) is 1.00. The Morgan fingerprint density at radius 1 is 0.944 bits per heavy atom. The standard InChI is InChI=1S/C15H29N.C2H6/c1-3-14-9-10-16(13(2)11-14)12-15-7-5-4-6-8-15;1-2/h13-15H,3-12H2,1-2H3;1-2H3. The number of rotatable bonds is 3. The van der Waals surface area contributed by atoms with E-state index in [1.165, 1.54) is 64.5 Å². The molecule has 1 saturated carbocycles. The molecule has 0 spiro atoms. The van der Waals surface area contributed by atoms with Gasteiger partial charge in [-0.15, -0.1) is 0 Å². The zero-order valence-electron chi connectivity index (χ0n) is 13.3. The van der Waals surface area contributed by atoms with Crippen LogP contribution in [-0.4, -0.2) is 24.0 Å². The highest BCUT2D eigenvalue weighted by Gasteiger charge is 2.26. The SMILES string of the molecule is CC.CCC1CCN(CC2CCCCC2)C(C)C1. The van der Waals surface area contributed by atoms with Gasteiger partial charge in [-0.05, 0) is 51.0 Å². The first kappa shape index (κ1) is 16.0. The van der Waals surface area contributed by atoms with Gasteiger partial charge in [0.25, 0.3) is 0 Å². The van der Waals surface area contributed by atoms with Crippen molar-refractivity contribution in [1.82, 2.24) is 4.90 Å². The topological polar surface area (TPSA) is 3.24 Å².